The number of amides is 1. The molecule has 7 heteroatoms. The number of pyridine rings is 1. The number of ether oxygens (including phenoxy) is 2. The van der Waals surface area contributed by atoms with Crippen LogP contribution in [0, 0.1) is 5.82 Å². The molecule has 1 aromatic carbocycles. The summed E-state index contributed by atoms with van der Waals surface area (Å²) in [7, 11) is 0. The highest BCUT2D eigenvalue weighted by Crippen LogP contribution is 2.25. The largest absolute Gasteiger partial charge is 0.487 e. The van der Waals surface area contributed by atoms with Gasteiger partial charge in [0.05, 0.1) is 6.20 Å². The minimum Gasteiger partial charge on any atom is -0.487 e. The number of aromatic nitrogens is 1. The lowest BCUT2D eigenvalue weighted by atomic mass is 10.2. The Kier molecular flexibility index (Phi) is 6.25. The van der Waals surface area contributed by atoms with E-state index in [9.17, 15) is 9.18 Å². The second-order valence-electron chi connectivity index (χ2n) is 8.22. The first kappa shape index (κ1) is 20.9. The first-order valence-corrected chi connectivity index (χ1v) is 9.80. The summed E-state index contributed by atoms with van der Waals surface area (Å²) >= 11 is 0. The van der Waals surface area contributed by atoms with E-state index in [4.69, 9.17) is 9.47 Å². The van der Waals surface area contributed by atoms with Crippen LogP contribution in [0.3, 0.4) is 0 Å². The van der Waals surface area contributed by atoms with Crippen LogP contribution in [-0.2, 0) is 11.3 Å². The van der Waals surface area contributed by atoms with Crippen molar-refractivity contribution in [2.75, 3.05) is 24.5 Å². The maximum Gasteiger partial charge on any atom is 0.410 e. The van der Waals surface area contributed by atoms with Crippen molar-refractivity contribution in [3.8, 4) is 5.75 Å². The normalized spacial score (nSPS) is 17.2. The predicted octanol–water partition coefficient (Wildman–Crippen LogP) is 4.25. The van der Waals surface area contributed by atoms with Crippen LogP contribution in [-0.4, -0.2) is 47.3 Å². The van der Waals surface area contributed by atoms with Crippen LogP contribution in [0.15, 0.2) is 42.6 Å². The number of halogens is 1. The standard InChI is InChI=1S/C22H28FN3O3/c1-16-14-25(10-11-26(16)21(27)29-22(2,3)4)20-19(23)12-18(13-24-20)28-15-17-8-6-5-7-9-17/h5-9,12-13,16H,10-11,14-15H2,1-4H3/t16-/m0/s1. The van der Waals surface area contributed by atoms with Crippen molar-refractivity contribution in [2.24, 2.45) is 0 Å². The molecule has 0 N–H and O–H groups in total. The van der Waals surface area contributed by atoms with Crippen molar-refractivity contribution >= 4 is 11.9 Å². The van der Waals surface area contributed by atoms with Gasteiger partial charge < -0.3 is 19.3 Å². The van der Waals surface area contributed by atoms with E-state index in [1.807, 2.05) is 62.9 Å². The smallest absolute Gasteiger partial charge is 0.410 e. The van der Waals surface area contributed by atoms with Gasteiger partial charge in [-0.3, -0.25) is 0 Å². The fraction of sp³-hybridized carbons (Fsp3) is 0.455. The van der Waals surface area contributed by atoms with Crippen molar-refractivity contribution in [1.82, 2.24) is 9.88 Å². The van der Waals surface area contributed by atoms with Crippen LogP contribution < -0.4 is 9.64 Å². The molecule has 1 atom stereocenters. The Bertz CT molecular complexity index is 839. The molecule has 1 aliphatic heterocycles. The fourth-order valence-electron chi connectivity index (χ4n) is 3.21. The molecule has 0 spiro atoms. The molecule has 1 aromatic heterocycles. The van der Waals surface area contributed by atoms with Gasteiger partial charge in [-0.25, -0.2) is 14.2 Å². The van der Waals surface area contributed by atoms with Crippen LogP contribution in [0.4, 0.5) is 15.0 Å². The zero-order valence-corrected chi connectivity index (χ0v) is 17.4. The molecule has 1 saturated heterocycles. The highest BCUT2D eigenvalue weighted by molar-refractivity contribution is 5.69. The summed E-state index contributed by atoms with van der Waals surface area (Å²) in [5, 5.41) is 0. The number of nitrogens with zero attached hydrogens (tertiary/aromatic N) is 3. The highest BCUT2D eigenvalue weighted by atomic mass is 19.1. The molecule has 0 unspecified atom stereocenters. The Morgan fingerprint density at radius 3 is 2.59 bits per heavy atom. The van der Waals surface area contributed by atoms with E-state index in [0.717, 1.165) is 5.56 Å². The number of hydrogen-bond donors (Lipinski definition) is 0. The van der Waals surface area contributed by atoms with Gasteiger partial charge in [-0.2, -0.15) is 0 Å². The first-order chi connectivity index (χ1) is 13.7. The summed E-state index contributed by atoms with van der Waals surface area (Å²) in [6.45, 7) is 9.21. The second kappa shape index (κ2) is 8.68. The molecular weight excluding hydrogens is 373 g/mol. The topological polar surface area (TPSA) is 54.9 Å². The third-order valence-corrected chi connectivity index (χ3v) is 4.60. The maximum absolute atomic E-state index is 14.7. The van der Waals surface area contributed by atoms with Crippen molar-refractivity contribution in [3.05, 3.63) is 54.0 Å². The van der Waals surface area contributed by atoms with Gasteiger partial charge in [-0.15, -0.1) is 0 Å². The molecule has 3 rings (SSSR count). The Labute approximate surface area is 171 Å². The molecule has 6 nitrogen and oxygen atoms in total. The molecule has 1 aliphatic rings. The number of anilines is 1. The Morgan fingerprint density at radius 1 is 1.24 bits per heavy atom. The lowest BCUT2D eigenvalue weighted by Crippen LogP contribution is -2.55. The van der Waals surface area contributed by atoms with Crippen molar-refractivity contribution < 1.29 is 18.7 Å². The highest BCUT2D eigenvalue weighted by Gasteiger charge is 2.32. The second-order valence-corrected chi connectivity index (χ2v) is 8.22. The van der Waals surface area contributed by atoms with Gasteiger partial charge >= 0.3 is 6.09 Å². The van der Waals surface area contributed by atoms with E-state index in [1.54, 1.807) is 4.90 Å². The Balaban J connectivity index is 1.60. The number of rotatable bonds is 4. The number of hydrogen-bond acceptors (Lipinski definition) is 5. The Morgan fingerprint density at radius 2 is 1.97 bits per heavy atom. The predicted molar refractivity (Wildman–Crippen MR) is 110 cm³/mol. The van der Waals surface area contributed by atoms with E-state index < -0.39 is 11.4 Å². The molecule has 0 bridgehead atoms. The first-order valence-electron chi connectivity index (χ1n) is 9.80. The van der Waals surface area contributed by atoms with Crippen LogP contribution in [0.5, 0.6) is 5.75 Å². The quantitative estimate of drug-likeness (QED) is 0.767. The lowest BCUT2D eigenvalue weighted by Gasteiger charge is -2.40. The van der Waals surface area contributed by atoms with Crippen LogP contribution >= 0.6 is 0 Å². The van der Waals surface area contributed by atoms with Gasteiger partial charge in [0.2, 0.25) is 0 Å². The third-order valence-electron chi connectivity index (χ3n) is 4.60. The molecule has 156 valence electrons. The molecule has 2 aromatic rings. The maximum atomic E-state index is 14.7. The fourth-order valence-corrected chi connectivity index (χ4v) is 3.21. The molecular formula is C22H28FN3O3. The zero-order valence-electron chi connectivity index (χ0n) is 17.4. The molecule has 0 saturated carbocycles. The summed E-state index contributed by atoms with van der Waals surface area (Å²) in [6, 6.07) is 10.9. The summed E-state index contributed by atoms with van der Waals surface area (Å²) in [5.41, 5.74) is 0.459. The van der Waals surface area contributed by atoms with Crippen LogP contribution in [0.2, 0.25) is 0 Å². The Hall–Kier alpha value is -2.83. The molecule has 1 amide bonds. The van der Waals surface area contributed by atoms with Gasteiger partial charge in [0.15, 0.2) is 11.6 Å². The van der Waals surface area contributed by atoms with Gasteiger partial charge in [-0.1, -0.05) is 30.3 Å². The average Bonchev–Trinajstić information content (AvgIpc) is 2.65. The monoisotopic (exact) mass is 401 g/mol. The third kappa shape index (κ3) is 5.59. The molecule has 2 heterocycles. The lowest BCUT2D eigenvalue weighted by molar-refractivity contribution is 0.0158. The number of carbonyl (C=O) groups is 1. The minimum atomic E-state index is -0.544. The minimum absolute atomic E-state index is 0.117. The summed E-state index contributed by atoms with van der Waals surface area (Å²) in [6.07, 6.45) is 1.19. The van der Waals surface area contributed by atoms with E-state index in [2.05, 4.69) is 4.98 Å². The average molecular weight is 401 g/mol. The van der Waals surface area contributed by atoms with Crippen molar-refractivity contribution in [2.45, 2.75) is 45.9 Å². The van der Waals surface area contributed by atoms with Gasteiger partial charge in [-0.05, 0) is 33.3 Å². The van der Waals surface area contributed by atoms with Crippen molar-refractivity contribution in [3.63, 3.8) is 0 Å². The number of carbonyl (C=O) groups excluding carboxylic acids is 1. The zero-order chi connectivity index (χ0) is 21.0. The van der Waals surface area contributed by atoms with Crippen molar-refractivity contribution in [1.29, 1.82) is 0 Å². The summed E-state index contributed by atoms with van der Waals surface area (Å²) in [5.74, 6) is 0.219. The molecule has 0 aliphatic carbocycles. The van der Waals surface area contributed by atoms with Crippen LogP contribution in [0.25, 0.3) is 0 Å². The number of piperazine rings is 1. The summed E-state index contributed by atoms with van der Waals surface area (Å²) in [4.78, 5) is 20.1. The van der Waals surface area contributed by atoms with E-state index >= 15 is 0 Å². The van der Waals surface area contributed by atoms with E-state index in [0.29, 0.717) is 32.0 Å². The number of benzene rings is 1. The molecule has 29 heavy (non-hydrogen) atoms. The summed E-state index contributed by atoms with van der Waals surface area (Å²) < 4.78 is 25.8. The van der Waals surface area contributed by atoms with Gasteiger partial charge in [0, 0.05) is 31.7 Å². The van der Waals surface area contributed by atoms with Crippen LogP contribution in [0.1, 0.15) is 33.3 Å². The molecule has 1 fully saturated rings. The SMILES string of the molecule is C[C@H]1CN(c2ncc(OCc3ccccc3)cc2F)CCN1C(=O)OC(C)(C)C. The van der Waals surface area contributed by atoms with Gasteiger partial charge in [0.25, 0.3) is 0 Å². The molecule has 0 radical (unpaired) electrons. The van der Waals surface area contributed by atoms with E-state index in [-0.39, 0.29) is 18.0 Å². The van der Waals surface area contributed by atoms with E-state index in [1.165, 1.54) is 12.3 Å². The van der Waals surface area contributed by atoms with Gasteiger partial charge in [0.1, 0.15) is 18.0 Å².